The fourth-order valence-corrected chi connectivity index (χ4v) is 0.574. The van der Waals surface area contributed by atoms with E-state index >= 15 is 0 Å². The van der Waals surface area contributed by atoms with E-state index in [0.29, 0.717) is 0 Å². The van der Waals surface area contributed by atoms with Gasteiger partial charge in [-0.1, -0.05) is 30.3 Å². The molecule has 0 heterocycles. The van der Waals surface area contributed by atoms with Crippen LogP contribution in [0.1, 0.15) is 10.4 Å². The SMILES string of the molecule is O=C([O-])c1ccccc1.O=S(=O)([O-])O.[Li+].[Na+]. The van der Waals surface area contributed by atoms with Gasteiger partial charge in [-0.15, -0.1) is 0 Å². The first kappa shape index (κ1) is 21.4. The van der Waals surface area contributed by atoms with Crippen molar-refractivity contribution in [2.75, 3.05) is 0 Å². The van der Waals surface area contributed by atoms with Gasteiger partial charge in [0.1, 0.15) is 0 Å². The minimum absolute atomic E-state index is 0. The quantitative estimate of drug-likeness (QED) is 0.300. The smallest absolute Gasteiger partial charge is 0.726 e. The molecule has 0 aliphatic carbocycles. The van der Waals surface area contributed by atoms with Crippen LogP contribution in [0.25, 0.3) is 0 Å². The number of benzene rings is 1. The number of aromatic carboxylic acids is 1. The molecule has 6 nitrogen and oxygen atoms in total. The summed E-state index contributed by atoms with van der Waals surface area (Å²) < 4.78 is 32.8. The van der Waals surface area contributed by atoms with Crippen LogP contribution in [0.4, 0.5) is 0 Å². The second-order valence-electron chi connectivity index (χ2n) is 2.08. The Labute approximate surface area is 127 Å². The predicted octanol–water partition coefficient (Wildman–Crippen LogP) is -6.94. The third-order valence-corrected chi connectivity index (χ3v) is 1.01. The Bertz CT molecular complexity index is 385. The summed E-state index contributed by atoms with van der Waals surface area (Å²) in [6.45, 7) is 0. The first-order chi connectivity index (χ1) is 6.30. The molecule has 0 atom stereocenters. The Morgan fingerprint density at radius 1 is 1.19 bits per heavy atom. The van der Waals surface area contributed by atoms with Crippen LogP contribution in [-0.2, 0) is 10.4 Å². The molecule has 0 fully saturated rings. The minimum Gasteiger partial charge on any atom is -0.726 e. The summed E-state index contributed by atoms with van der Waals surface area (Å²) in [5.74, 6) is -1.13. The normalized spacial score (nSPS) is 8.62. The molecule has 1 N–H and O–H groups in total. The van der Waals surface area contributed by atoms with Gasteiger partial charge in [-0.3, -0.25) is 4.55 Å². The van der Waals surface area contributed by atoms with Crippen molar-refractivity contribution in [3.63, 3.8) is 0 Å². The second kappa shape index (κ2) is 10.3. The van der Waals surface area contributed by atoms with Crippen LogP contribution < -0.4 is 53.5 Å². The summed E-state index contributed by atoms with van der Waals surface area (Å²) in [5.41, 5.74) is 0.220. The Morgan fingerprint density at radius 2 is 1.50 bits per heavy atom. The van der Waals surface area contributed by atoms with E-state index in [9.17, 15) is 9.90 Å². The third-order valence-electron chi connectivity index (χ3n) is 1.01. The molecule has 0 amide bonds. The summed E-state index contributed by atoms with van der Waals surface area (Å²) in [4.78, 5) is 10.1. The van der Waals surface area contributed by atoms with Gasteiger partial charge in [0.2, 0.25) is 10.4 Å². The molecule has 0 radical (unpaired) electrons. The van der Waals surface area contributed by atoms with Crippen LogP contribution in [0.3, 0.4) is 0 Å². The van der Waals surface area contributed by atoms with Gasteiger partial charge in [0.25, 0.3) is 0 Å². The number of carboxylic acids is 1. The molecular weight excluding hydrogens is 242 g/mol. The Hall–Kier alpha value is 0.157. The van der Waals surface area contributed by atoms with Crippen molar-refractivity contribution in [2.24, 2.45) is 0 Å². The van der Waals surface area contributed by atoms with Gasteiger partial charge in [-0.05, 0) is 5.56 Å². The van der Waals surface area contributed by atoms with Crippen LogP contribution in [-0.4, -0.2) is 23.5 Å². The molecule has 1 aromatic carbocycles. The van der Waals surface area contributed by atoms with Gasteiger partial charge in [0.15, 0.2) is 0 Å². The summed E-state index contributed by atoms with van der Waals surface area (Å²) >= 11 is 0. The minimum atomic E-state index is -4.92. The van der Waals surface area contributed by atoms with E-state index < -0.39 is 16.4 Å². The van der Waals surface area contributed by atoms with Gasteiger partial charge in [-0.2, -0.15) is 0 Å². The van der Waals surface area contributed by atoms with Crippen LogP contribution in [0.2, 0.25) is 0 Å². The van der Waals surface area contributed by atoms with Crippen LogP contribution >= 0.6 is 0 Å². The number of carbonyl (C=O) groups is 1. The molecule has 0 saturated carbocycles. The zero-order valence-electron chi connectivity index (χ0n) is 8.78. The number of rotatable bonds is 1. The zero-order valence-corrected chi connectivity index (χ0v) is 11.6. The Morgan fingerprint density at radius 3 is 1.69 bits per heavy atom. The second-order valence-corrected chi connectivity index (χ2v) is 2.94. The summed E-state index contributed by atoms with van der Waals surface area (Å²) in [7, 11) is -4.92. The molecule has 16 heavy (non-hydrogen) atoms. The molecule has 1 aromatic rings. The zero-order chi connectivity index (χ0) is 11.2. The fraction of sp³-hybridized carbons (Fsp3) is 0. The summed E-state index contributed by atoms with van der Waals surface area (Å²) in [6, 6.07) is 8.06. The molecule has 0 aliphatic rings. The van der Waals surface area contributed by atoms with Crippen LogP contribution in [0.5, 0.6) is 0 Å². The summed E-state index contributed by atoms with van der Waals surface area (Å²) in [5, 5.41) is 10.1. The van der Waals surface area contributed by atoms with E-state index in [0.717, 1.165) is 0 Å². The molecule has 9 heteroatoms. The van der Waals surface area contributed by atoms with E-state index in [-0.39, 0.29) is 54.0 Å². The van der Waals surface area contributed by atoms with E-state index in [1.807, 2.05) is 0 Å². The van der Waals surface area contributed by atoms with Crippen molar-refractivity contribution in [3.8, 4) is 0 Å². The Kier molecular flexibility index (Phi) is 13.8. The monoisotopic (exact) mass is 248 g/mol. The molecule has 0 aromatic heterocycles. The number of hydrogen-bond acceptors (Lipinski definition) is 5. The van der Waals surface area contributed by atoms with Crippen molar-refractivity contribution >= 4 is 16.4 Å². The largest absolute Gasteiger partial charge is 1.00 e. The average molecular weight is 248 g/mol. The average Bonchev–Trinajstić information content (AvgIpc) is 2.03. The van der Waals surface area contributed by atoms with Crippen molar-refractivity contribution in [3.05, 3.63) is 35.9 Å². The number of carboxylic acid groups (broad SMARTS) is 1. The maximum atomic E-state index is 10.1. The van der Waals surface area contributed by atoms with E-state index in [4.69, 9.17) is 17.5 Å². The van der Waals surface area contributed by atoms with Crippen molar-refractivity contribution < 1.29 is 75.8 Å². The van der Waals surface area contributed by atoms with E-state index in [2.05, 4.69) is 0 Å². The molecular formula is C7H6LiNaO6S. The topological polar surface area (TPSA) is 118 Å². The van der Waals surface area contributed by atoms with Gasteiger partial charge in [-0.25, -0.2) is 8.42 Å². The first-order valence-electron chi connectivity index (χ1n) is 3.25. The van der Waals surface area contributed by atoms with E-state index in [1.54, 1.807) is 18.2 Å². The van der Waals surface area contributed by atoms with Gasteiger partial charge < -0.3 is 14.5 Å². The molecule has 78 valence electrons. The molecule has 0 aliphatic heterocycles. The third kappa shape index (κ3) is 16.6. The Balaban J connectivity index is -0.000000214. The number of carbonyl (C=O) groups excluding carboxylic acids is 1. The molecule has 1 rings (SSSR count). The molecule has 0 spiro atoms. The molecule has 0 saturated heterocycles. The van der Waals surface area contributed by atoms with Crippen LogP contribution in [0.15, 0.2) is 30.3 Å². The maximum absolute atomic E-state index is 10.1. The first-order valence-corrected chi connectivity index (χ1v) is 4.62. The van der Waals surface area contributed by atoms with Crippen molar-refractivity contribution in [2.45, 2.75) is 0 Å². The molecule has 0 unspecified atom stereocenters. The fourth-order valence-electron chi connectivity index (χ4n) is 0.574. The van der Waals surface area contributed by atoms with Crippen LogP contribution in [0, 0.1) is 0 Å². The summed E-state index contributed by atoms with van der Waals surface area (Å²) in [6.07, 6.45) is 0. The van der Waals surface area contributed by atoms with Gasteiger partial charge in [0, 0.05) is 0 Å². The molecule has 0 bridgehead atoms. The van der Waals surface area contributed by atoms with Gasteiger partial charge in [0.05, 0.1) is 5.97 Å². The number of hydrogen-bond donors (Lipinski definition) is 1. The van der Waals surface area contributed by atoms with Crippen molar-refractivity contribution in [1.29, 1.82) is 0 Å². The maximum Gasteiger partial charge on any atom is 1.00 e. The standard InChI is InChI=1S/C7H6O2.Li.Na.H2O4S/c8-7(9)6-4-2-1-3-5-6;;;1-5(2,3)4/h1-5H,(H,8,9);;;(H2,1,2,3,4)/q;2*+1;/p-2. The predicted molar refractivity (Wildman–Crippen MR) is 43.1 cm³/mol. The van der Waals surface area contributed by atoms with E-state index in [1.165, 1.54) is 12.1 Å². The van der Waals surface area contributed by atoms with Crippen molar-refractivity contribution in [1.82, 2.24) is 0 Å². The van der Waals surface area contributed by atoms with Gasteiger partial charge >= 0.3 is 48.4 Å².